The maximum atomic E-state index is 13.4. The number of hydrogen-bond donors (Lipinski definition) is 1. The van der Waals surface area contributed by atoms with E-state index in [-0.39, 0.29) is 16.3 Å². The van der Waals surface area contributed by atoms with E-state index in [2.05, 4.69) is 30.1 Å². The lowest BCUT2D eigenvalue weighted by atomic mass is 9.49. The van der Waals surface area contributed by atoms with Crippen LogP contribution in [0.1, 0.15) is 26.7 Å². The van der Waals surface area contributed by atoms with Crippen molar-refractivity contribution in [2.45, 2.75) is 31.6 Å². The predicted molar refractivity (Wildman–Crippen MR) is 152 cm³/mol. The highest BCUT2D eigenvalue weighted by atomic mass is 35.5. The Balaban J connectivity index is 1.21. The number of rotatable bonds is 8. The van der Waals surface area contributed by atoms with E-state index in [0.717, 1.165) is 12.3 Å². The summed E-state index contributed by atoms with van der Waals surface area (Å²) in [4.78, 5) is 17.6. The molecule has 210 valence electrons. The number of carbonyl (C=O) groups excluding carboxylic acids is 1. The van der Waals surface area contributed by atoms with Gasteiger partial charge in [-0.2, -0.15) is 4.31 Å². The van der Waals surface area contributed by atoms with E-state index >= 15 is 0 Å². The van der Waals surface area contributed by atoms with Gasteiger partial charge < -0.3 is 10.2 Å². The minimum atomic E-state index is -3.67. The van der Waals surface area contributed by atoms with Crippen LogP contribution in [0.3, 0.4) is 0 Å². The van der Waals surface area contributed by atoms with Gasteiger partial charge in [-0.05, 0) is 78.6 Å². The number of benzene rings is 2. The van der Waals surface area contributed by atoms with Crippen molar-refractivity contribution >= 4 is 33.3 Å². The molecule has 4 aliphatic rings. The van der Waals surface area contributed by atoms with Gasteiger partial charge >= 0.3 is 6.03 Å². The Hall–Kier alpha value is -2.46. The fourth-order valence-electron chi connectivity index (χ4n) is 6.08. The van der Waals surface area contributed by atoms with Crippen LogP contribution < -0.4 is 5.32 Å². The van der Waals surface area contributed by atoms with Crippen LogP contribution in [0.5, 0.6) is 0 Å². The average Bonchev–Trinajstić information content (AvgIpc) is 2.92. The van der Waals surface area contributed by atoms with Gasteiger partial charge in [0, 0.05) is 56.5 Å². The number of halogens is 2. The number of amides is 2. The van der Waals surface area contributed by atoms with Crippen molar-refractivity contribution in [1.29, 1.82) is 0 Å². The summed E-state index contributed by atoms with van der Waals surface area (Å²) in [5.41, 5.74) is 2.30. The molecule has 1 saturated carbocycles. The number of hydrogen-bond acceptors (Lipinski definition) is 4. The first-order valence-corrected chi connectivity index (χ1v) is 15.3. The number of allylic oxidation sites excluding steroid dienone is 1. The zero-order chi connectivity index (χ0) is 27.8. The van der Waals surface area contributed by atoms with Gasteiger partial charge in [-0.15, -0.1) is 0 Å². The first-order valence-electron chi connectivity index (χ1n) is 13.5. The van der Waals surface area contributed by atoms with E-state index in [9.17, 15) is 17.6 Å². The maximum absolute atomic E-state index is 13.4. The van der Waals surface area contributed by atoms with Crippen molar-refractivity contribution < 1.29 is 17.6 Å². The standard InChI is InChI=1S/C29H36ClFN4O3S/c1-29(2)22-4-3-21(27(29)19-22)20-34(28(36)32-25-9-5-23(30)6-10-25)16-13-33-14-17-35(18-15-33)39(37,38)26-11-7-24(31)8-12-26/h3,5-12,22,27H,4,13-20H2,1-2H3,(H,32,36). The van der Waals surface area contributed by atoms with Gasteiger partial charge in [0.2, 0.25) is 10.0 Å². The fourth-order valence-corrected chi connectivity index (χ4v) is 7.62. The van der Waals surface area contributed by atoms with Crippen LogP contribution in [0.25, 0.3) is 0 Å². The van der Waals surface area contributed by atoms with Gasteiger partial charge in [0.15, 0.2) is 0 Å². The molecule has 6 rings (SSSR count). The highest BCUT2D eigenvalue weighted by Gasteiger charge is 2.51. The van der Waals surface area contributed by atoms with E-state index in [1.165, 1.54) is 40.6 Å². The number of anilines is 1. The van der Waals surface area contributed by atoms with Crippen LogP contribution in [-0.4, -0.2) is 74.4 Å². The van der Waals surface area contributed by atoms with Crippen LogP contribution in [0.15, 0.2) is 65.1 Å². The van der Waals surface area contributed by atoms with Gasteiger partial charge in [0.1, 0.15) is 5.82 Å². The number of piperazine rings is 1. The van der Waals surface area contributed by atoms with Crippen molar-refractivity contribution in [3.63, 3.8) is 0 Å². The van der Waals surface area contributed by atoms with Crippen molar-refractivity contribution in [2.75, 3.05) is 51.1 Å². The van der Waals surface area contributed by atoms with E-state index in [1.807, 2.05) is 4.90 Å². The van der Waals surface area contributed by atoms with E-state index in [0.29, 0.717) is 62.4 Å². The van der Waals surface area contributed by atoms with Gasteiger partial charge in [0.25, 0.3) is 0 Å². The average molecular weight is 575 g/mol. The number of nitrogens with one attached hydrogen (secondary N) is 1. The number of urea groups is 1. The predicted octanol–water partition coefficient (Wildman–Crippen LogP) is 5.31. The van der Waals surface area contributed by atoms with Crippen LogP contribution in [0, 0.1) is 23.1 Å². The molecular formula is C29H36ClFN4O3S. The molecule has 0 radical (unpaired) electrons. The second kappa shape index (κ2) is 11.2. The van der Waals surface area contributed by atoms with Crippen molar-refractivity contribution in [1.82, 2.24) is 14.1 Å². The molecule has 1 heterocycles. The lowest BCUT2D eigenvalue weighted by Gasteiger charge is -2.57. The van der Waals surface area contributed by atoms with Gasteiger partial charge in [-0.1, -0.05) is 37.1 Å². The molecule has 1 aliphatic heterocycles. The summed E-state index contributed by atoms with van der Waals surface area (Å²) < 4.78 is 40.7. The number of sulfonamides is 1. The number of carbonyl (C=O) groups is 1. The molecule has 3 aliphatic carbocycles. The lowest BCUT2D eigenvalue weighted by molar-refractivity contribution is -0.00967. The zero-order valence-electron chi connectivity index (χ0n) is 22.4. The van der Waals surface area contributed by atoms with E-state index in [1.54, 1.807) is 24.3 Å². The monoisotopic (exact) mass is 574 g/mol. The summed E-state index contributed by atoms with van der Waals surface area (Å²) in [5.74, 6) is 0.764. The Morgan fingerprint density at radius 3 is 2.36 bits per heavy atom. The summed E-state index contributed by atoms with van der Waals surface area (Å²) in [6.07, 6.45) is 4.58. The molecule has 1 saturated heterocycles. The summed E-state index contributed by atoms with van der Waals surface area (Å²) in [6, 6.07) is 11.9. The Bertz CT molecular complexity index is 1320. The Morgan fingerprint density at radius 1 is 1.08 bits per heavy atom. The SMILES string of the molecule is CC1(C)C2CC=C(CN(CCN3CCN(S(=O)(=O)c4ccc(F)cc4)CC3)C(=O)Nc3ccc(Cl)cc3)C1C2. The molecule has 2 fully saturated rings. The Morgan fingerprint density at radius 2 is 1.74 bits per heavy atom. The van der Waals surface area contributed by atoms with Crippen molar-refractivity contribution in [2.24, 2.45) is 17.3 Å². The molecule has 2 bridgehead atoms. The highest BCUT2D eigenvalue weighted by molar-refractivity contribution is 7.89. The molecule has 7 nitrogen and oxygen atoms in total. The second-order valence-electron chi connectivity index (χ2n) is 11.4. The topological polar surface area (TPSA) is 73.0 Å². The largest absolute Gasteiger partial charge is 0.322 e. The molecule has 2 amide bonds. The second-order valence-corrected chi connectivity index (χ2v) is 13.8. The van der Waals surface area contributed by atoms with Crippen LogP contribution in [0.4, 0.5) is 14.9 Å². The summed E-state index contributed by atoms with van der Waals surface area (Å²) in [7, 11) is -3.67. The van der Waals surface area contributed by atoms with Gasteiger partial charge in [-0.3, -0.25) is 4.90 Å². The first-order chi connectivity index (χ1) is 18.5. The molecule has 2 unspecified atom stereocenters. The van der Waals surface area contributed by atoms with Crippen LogP contribution in [-0.2, 0) is 10.0 Å². The molecule has 2 atom stereocenters. The normalized spacial score (nSPS) is 23.0. The smallest absolute Gasteiger partial charge is 0.319 e. The van der Waals surface area contributed by atoms with Crippen LogP contribution in [0.2, 0.25) is 5.02 Å². The molecule has 0 aromatic heterocycles. The first kappa shape index (κ1) is 28.1. The number of nitrogens with zero attached hydrogens (tertiary/aromatic N) is 3. The molecule has 2 aromatic carbocycles. The van der Waals surface area contributed by atoms with Crippen LogP contribution >= 0.6 is 11.6 Å². The third kappa shape index (κ3) is 6.01. The quantitative estimate of drug-likeness (QED) is 0.434. The van der Waals surface area contributed by atoms with E-state index in [4.69, 9.17) is 11.6 Å². The summed E-state index contributed by atoms with van der Waals surface area (Å²) in [5, 5.41) is 3.62. The molecule has 10 heteroatoms. The maximum Gasteiger partial charge on any atom is 0.322 e. The Labute approximate surface area is 235 Å². The highest BCUT2D eigenvalue weighted by Crippen LogP contribution is 2.59. The minimum absolute atomic E-state index is 0.101. The molecule has 1 N–H and O–H groups in total. The van der Waals surface area contributed by atoms with E-state index < -0.39 is 15.8 Å². The van der Waals surface area contributed by atoms with Gasteiger partial charge in [-0.25, -0.2) is 17.6 Å². The molecule has 2 aromatic rings. The zero-order valence-corrected chi connectivity index (χ0v) is 24.0. The summed E-state index contributed by atoms with van der Waals surface area (Å²) >= 11 is 6.01. The van der Waals surface area contributed by atoms with Gasteiger partial charge in [0.05, 0.1) is 4.90 Å². The molecular weight excluding hydrogens is 539 g/mol. The third-order valence-corrected chi connectivity index (χ3v) is 11.0. The van der Waals surface area contributed by atoms with Crippen molar-refractivity contribution in [3.05, 3.63) is 71.0 Å². The lowest BCUT2D eigenvalue weighted by Crippen LogP contribution is -2.52. The Kier molecular flexibility index (Phi) is 8.06. The summed E-state index contributed by atoms with van der Waals surface area (Å²) in [6.45, 7) is 8.23. The number of fused-ring (bicyclic) bond motifs is 1. The third-order valence-electron chi connectivity index (χ3n) is 8.81. The van der Waals surface area contributed by atoms with Crippen molar-refractivity contribution in [3.8, 4) is 0 Å². The minimum Gasteiger partial charge on any atom is -0.319 e. The fraction of sp³-hybridized carbons (Fsp3) is 0.483. The molecule has 39 heavy (non-hydrogen) atoms. The molecule has 0 spiro atoms.